The fourth-order valence-corrected chi connectivity index (χ4v) is 12.4. The van der Waals surface area contributed by atoms with Gasteiger partial charge in [0.05, 0.1) is 45.4 Å². The molecule has 6 heterocycles. The Labute approximate surface area is 415 Å². The summed E-state index contributed by atoms with van der Waals surface area (Å²) in [4.78, 5) is 41.1. The minimum absolute atomic E-state index is 0.0909. The predicted molar refractivity (Wildman–Crippen MR) is 272 cm³/mol. The molecule has 0 spiro atoms. The van der Waals surface area contributed by atoms with E-state index in [9.17, 15) is 28.4 Å². The van der Waals surface area contributed by atoms with Crippen molar-refractivity contribution in [3.05, 3.63) is 100 Å². The Morgan fingerprint density at radius 1 is 0.972 bits per heavy atom. The quantitative estimate of drug-likeness (QED) is 0.0606. The number of nitro benzene ring substituents is 1. The Hall–Kier alpha value is -5.95. The van der Waals surface area contributed by atoms with E-state index in [1.807, 2.05) is 31.2 Å². The van der Waals surface area contributed by atoms with Crippen LogP contribution in [-0.2, 0) is 14.8 Å². The third-order valence-electron chi connectivity index (χ3n) is 15.3. The van der Waals surface area contributed by atoms with E-state index in [-0.39, 0.29) is 29.3 Å². The van der Waals surface area contributed by atoms with Gasteiger partial charge >= 0.3 is 0 Å². The van der Waals surface area contributed by atoms with Crippen LogP contribution in [0, 0.1) is 22.0 Å². The van der Waals surface area contributed by atoms with Gasteiger partial charge in [-0.15, -0.1) is 0 Å². The number of hydrogen-bond acceptors (Lipinski definition) is 14. The smallest absolute Gasteiger partial charge is 0.293 e. The fraction of sp³-hybridized carbons (Fsp3) is 0.509. The number of likely N-dealkylation sites (tertiary alicyclic amines) is 1. The second kappa shape index (κ2) is 20.3. The van der Waals surface area contributed by atoms with Crippen LogP contribution in [0.4, 0.5) is 28.4 Å². The molecule has 4 aliphatic heterocycles. The van der Waals surface area contributed by atoms with Gasteiger partial charge in [0.15, 0.2) is 0 Å². The first-order chi connectivity index (χ1) is 34.2. The van der Waals surface area contributed by atoms with Gasteiger partial charge in [-0.25, -0.2) is 13.1 Å². The zero-order valence-electron chi connectivity index (χ0n) is 40.8. The number of nitrogens with zero attached hydrogens (tertiary/aromatic N) is 5. The molecular weight excluding hydrogens is 925 g/mol. The zero-order chi connectivity index (χ0) is 49.4. The van der Waals surface area contributed by atoms with Crippen LogP contribution in [0.25, 0.3) is 11.0 Å². The van der Waals surface area contributed by atoms with Crippen molar-refractivity contribution in [3.8, 4) is 11.6 Å². The molecule has 1 amide bonds. The summed E-state index contributed by atoms with van der Waals surface area (Å²) in [7, 11) is -4.62. The number of para-hydroxylation sites is 1. The molecule has 0 bridgehead atoms. The van der Waals surface area contributed by atoms with Gasteiger partial charge in [0, 0.05) is 67.7 Å². The lowest BCUT2D eigenvalue weighted by Crippen LogP contribution is -2.53. The normalized spacial score (nSPS) is 24.2. The Bertz CT molecular complexity index is 2860. The van der Waals surface area contributed by atoms with E-state index in [0.29, 0.717) is 73.9 Å². The van der Waals surface area contributed by atoms with Crippen molar-refractivity contribution < 1.29 is 37.5 Å². The number of anilines is 4. The minimum atomic E-state index is -4.62. The molecule has 5 aromatic rings. The first-order valence-corrected chi connectivity index (χ1v) is 26.9. The van der Waals surface area contributed by atoms with Crippen molar-refractivity contribution in [1.29, 1.82) is 0 Å². The van der Waals surface area contributed by atoms with Gasteiger partial charge in [-0.05, 0) is 145 Å². The van der Waals surface area contributed by atoms with Crippen LogP contribution < -0.4 is 29.3 Å². The monoisotopic (exact) mass is 990 g/mol. The van der Waals surface area contributed by atoms with E-state index in [4.69, 9.17) is 19.2 Å². The Kier molecular flexibility index (Phi) is 13.9. The number of carbonyl (C=O) groups excluding carboxylic acids is 1. The highest BCUT2D eigenvalue weighted by Crippen LogP contribution is 2.46. The maximum atomic E-state index is 14.7. The van der Waals surface area contributed by atoms with Gasteiger partial charge in [0.2, 0.25) is 5.88 Å². The number of rotatable bonds is 14. The molecule has 1 saturated carbocycles. The molecule has 4 fully saturated rings. The summed E-state index contributed by atoms with van der Waals surface area (Å²) in [6.45, 7) is 10.8. The third kappa shape index (κ3) is 10.5. The summed E-state index contributed by atoms with van der Waals surface area (Å²) >= 11 is 0. The maximum absolute atomic E-state index is 14.7. The van der Waals surface area contributed by atoms with E-state index in [1.165, 1.54) is 30.5 Å². The van der Waals surface area contributed by atoms with E-state index < -0.39 is 43.1 Å². The lowest BCUT2D eigenvalue weighted by atomic mass is 9.80. The van der Waals surface area contributed by atoms with Crippen LogP contribution in [-0.4, -0.2) is 109 Å². The Morgan fingerprint density at radius 3 is 2.56 bits per heavy atom. The van der Waals surface area contributed by atoms with Crippen molar-refractivity contribution in [3.63, 3.8) is 0 Å². The molecule has 1 aliphatic carbocycles. The summed E-state index contributed by atoms with van der Waals surface area (Å²) in [5, 5.41) is 26.7. The number of nitrogens with one attached hydrogen (secondary N) is 3. The number of piperidine rings is 2. The number of aromatic amines is 1. The number of aromatic nitrogens is 2. The van der Waals surface area contributed by atoms with Crippen LogP contribution in [0.1, 0.15) is 107 Å². The number of carbonyl (C=O) groups is 1. The number of nitro groups is 1. The second-order valence-corrected chi connectivity index (χ2v) is 22.4. The Balaban J connectivity index is 0.925. The van der Waals surface area contributed by atoms with Crippen molar-refractivity contribution in [2.24, 2.45) is 11.8 Å². The van der Waals surface area contributed by atoms with Crippen molar-refractivity contribution in [1.82, 2.24) is 19.6 Å². The molecule has 3 saturated heterocycles. The first-order valence-electron chi connectivity index (χ1n) is 25.4. The summed E-state index contributed by atoms with van der Waals surface area (Å²) < 4.78 is 49.3. The number of fused-ring (bicyclic) bond motifs is 3. The third-order valence-corrected chi connectivity index (χ3v) is 16.6. The number of benzene rings is 3. The average Bonchev–Trinajstić information content (AvgIpc) is 3.82. The van der Waals surface area contributed by atoms with Crippen LogP contribution in [0.15, 0.2) is 83.9 Å². The van der Waals surface area contributed by atoms with Gasteiger partial charge in [-0.2, -0.15) is 4.98 Å². The molecule has 3 atom stereocenters. The van der Waals surface area contributed by atoms with E-state index >= 15 is 0 Å². The van der Waals surface area contributed by atoms with Gasteiger partial charge in [-0.1, -0.05) is 24.6 Å². The summed E-state index contributed by atoms with van der Waals surface area (Å²) in [6, 6.07) is 21.6. The fourth-order valence-electron chi connectivity index (χ4n) is 11.4. The highest BCUT2D eigenvalue weighted by molar-refractivity contribution is 7.90. The lowest BCUT2D eigenvalue weighted by Gasteiger charge is -2.45. The first kappa shape index (κ1) is 48.7. The van der Waals surface area contributed by atoms with Crippen molar-refractivity contribution in [2.75, 3.05) is 61.1 Å². The van der Waals surface area contributed by atoms with Crippen molar-refractivity contribution in [2.45, 2.75) is 120 Å². The maximum Gasteiger partial charge on any atom is 0.293 e. The van der Waals surface area contributed by atoms with Gasteiger partial charge in [0.25, 0.3) is 21.6 Å². The molecule has 10 rings (SSSR count). The van der Waals surface area contributed by atoms with E-state index in [2.05, 4.69) is 67.8 Å². The number of sulfonamides is 1. The molecule has 0 radical (unpaired) electrons. The molecule has 3 aromatic carbocycles. The number of hydrogen-bond donors (Lipinski definition) is 4. The molecule has 2 aromatic heterocycles. The number of ether oxygens (including phenoxy) is 3. The number of amides is 1. The van der Waals surface area contributed by atoms with Gasteiger partial charge in [-0.3, -0.25) is 19.8 Å². The van der Waals surface area contributed by atoms with Crippen LogP contribution in [0.5, 0.6) is 11.6 Å². The standard InChI is InChI=1S/C53H66N8O9S/c1-34(2)69-48-10-5-4-8-40(48)43-9-6-7-24-59(43)32-36-18-25-58(26-19-36)38-11-13-41(45(29-38)60-44-20-27-68-33-49(44)70-52-47(60)28-37-17-23-54-50(37)56-52)51(62)57-71(66,67)39-12-14-42(46(30-39)61(64)65)55-31-35-15-21-53(3,63)22-16-35/h4-5,8,10-14,17,23,28-30,34-36,43-44,49,55,63H,6-7,9,15-16,18-22,24-27,31-33H2,1-3H3,(H,54,56)(H,57,62)/t35?,43-,44-,49-,53?/m0/s1. The summed E-state index contributed by atoms with van der Waals surface area (Å²) in [5.41, 5.74) is 3.08. The molecular formula is C53H66N8O9S. The van der Waals surface area contributed by atoms with Gasteiger partial charge in [0.1, 0.15) is 28.9 Å². The van der Waals surface area contributed by atoms with Crippen LogP contribution >= 0.6 is 0 Å². The predicted octanol–water partition coefficient (Wildman–Crippen LogP) is 8.86. The molecule has 18 heteroatoms. The molecule has 4 N–H and O–H groups in total. The highest BCUT2D eigenvalue weighted by atomic mass is 32.2. The minimum Gasteiger partial charge on any atom is -0.491 e. The van der Waals surface area contributed by atoms with E-state index in [1.54, 1.807) is 12.3 Å². The highest BCUT2D eigenvalue weighted by Gasteiger charge is 2.42. The van der Waals surface area contributed by atoms with Crippen LogP contribution in [0.3, 0.4) is 0 Å². The molecule has 378 valence electrons. The summed E-state index contributed by atoms with van der Waals surface area (Å²) in [5.74, 6) is 1.13. The number of H-pyrrole nitrogens is 1. The SMILES string of the molecule is CC(C)Oc1ccccc1[C@@H]1CCCCN1CC1CCN(c2ccc(C(=O)NS(=O)(=O)c3ccc(NCC4CCC(C)(O)CC4)c([N+](=O)[O-])c3)c(N3c4cc5cc[nH]c5nc4O[C@H]4COCC[C@@H]43)c2)CC1. The number of pyridine rings is 1. The lowest BCUT2D eigenvalue weighted by molar-refractivity contribution is -0.384. The Morgan fingerprint density at radius 2 is 1.77 bits per heavy atom. The largest absolute Gasteiger partial charge is 0.491 e. The summed E-state index contributed by atoms with van der Waals surface area (Å²) in [6.07, 6.45) is 10.2. The molecule has 17 nitrogen and oxygen atoms in total. The van der Waals surface area contributed by atoms with Gasteiger partial charge < -0.3 is 39.4 Å². The topological polar surface area (TPSA) is 205 Å². The zero-order valence-corrected chi connectivity index (χ0v) is 41.7. The van der Waals surface area contributed by atoms with Crippen molar-refractivity contribution >= 4 is 55.4 Å². The number of aliphatic hydroxyl groups is 1. The average molecular weight is 991 g/mol. The van der Waals surface area contributed by atoms with Crippen LogP contribution in [0.2, 0.25) is 0 Å². The second-order valence-electron chi connectivity index (χ2n) is 20.7. The molecule has 5 aliphatic rings. The van der Waals surface area contributed by atoms with E-state index in [0.717, 1.165) is 81.2 Å². The molecule has 0 unspecified atom stereocenters. The molecule has 71 heavy (non-hydrogen) atoms.